The second-order valence-corrected chi connectivity index (χ2v) is 9.10. The summed E-state index contributed by atoms with van der Waals surface area (Å²) in [5.74, 6) is -3.54. The van der Waals surface area contributed by atoms with Crippen molar-refractivity contribution >= 4 is 17.3 Å². The number of Topliss-reactive ketones (excluding diaryl/α,β-unsaturated/α-hetero) is 3. The zero-order chi connectivity index (χ0) is 20.2. The van der Waals surface area contributed by atoms with Gasteiger partial charge < -0.3 is 10.2 Å². The zero-order valence-corrected chi connectivity index (χ0v) is 17.1. The van der Waals surface area contributed by atoms with Crippen LogP contribution in [-0.2, 0) is 14.4 Å². The molecule has 0 aromatic carbocycles. The zero-order valence-electron chi connectivity index (χ0n) is 17.1. The molecule has 1 aliphatic carbocycles. The molecule has 0 aliphatic heterocycles. The molecule has 0 aromatic heterocycles. The van der Waals surface area contributed by atoms with E-state index in [-0.39, 0.29) is 18.8 Å². The van der Waals surface area contributed by atoms with Crippen LogP contribution in [0.5, 0.6) is 0 Å². The molecule has 0 amide bonds. The van der Waals surface area contributed by atoms with Crippen LogP contribution < -0.4 is 0 Å². The molecular formula is C21H36O5. The number of ketones is 3. The predicted octanol–water partition coefficient (Wildman–Crippen LogP) is 2.95. The SMILES string of the molecule is CC(C)CCC(O)C1(O)C(=O)C(C(=O)CC(C)C)C(=O)[C@H]1CCC(C)C. The first kappa shape index (κ1) is 23.0. The van der Waals surface area contributed by atoms with Gasteiger partial charge in [-0.2, -0.15) is 0 Å². The van der Waals surface area contributed by atoms with E-state index in [1.807, 2.05) is 41.5 Å². The van der Waals surface area contributed by atoms with Crippen molar-refractivity contribution in [1.29, 1.82) is 0 Å². The molecule has 3 unspecified atom stereocenters. The lowest BCUT2D eigenvalue weighted by Crippen LogP contribution is -2.52. The van der Waals surface area contributed by atoms with Crippen LogP contribution in [0.25, 0.3) is 0 Å². The van der Waals surface area contributed by atoms with E-state index in [1.165, 1.54) is 0 Å². The molecule has 5 heteroatoms. The number of aliphatic hydroxyl groups excluding tert-OH is 1. The summed E-state index contributed by atoms with van der Waals surface area (Å²) in [4.78, 5) is 38.3. The summed E-state index contributed by atoms with van der Waals surface area (Å²) in [6.07, 6.45) is 0.618. The molecule has 1 saturated carbocycles. The minimum atomic E-state index is -2.14. The highest BCUT2D eigenvalue weighted by Crippen LogP contribution is 2.42. The van der Waals surface area contributed by atoms with Crippen molar-refractivity contribution in [3.05, 3.63) is 0 Å². The summed E-state index contributed by atoms with van der Waals surface area (Å²) in [7, 11) is 0. The molecule has 4 atom stereocenters. The van der Waals surface area contributed by atoms with Crippen LogP contribution in [0, 0.1) is 29.6 Å². The van der Waals surface area contributed by atoms with Crippen LogP contribution in [0.4, 0.5) is 0 Å². The Kier molecular flexibility index (Phi) is 8.15. The maximum Gasteiger partial charge on any atom is 0.185 e. The largest absolute Gasteiger partial charge is 0.390 e. The van der Waals surface area contributed by atoms with Gasteiger partial charge in [0.25, 0.3) is 0 Å². The third-order valence-corrected chi connectivity index (χ3v) is 5.31. The number of rotatable bonds is 10. The molecule has 0 spiro atoms. The average Bonchev–Trinajstić information content (AvgIpc) is 2.69. The minimum Gasteiger partial charge on any atom is -0.390 e. The Balaban J connectivity index is 3.17. The van der Waals surface area contributed by atoms with Gasteiger partial charge in [0.05, 0.1) is 12.0 Å². The molecule has 0 heterocycles. The molecule has 1 aliphatic rings. The highest BCUT2D eigenvalue weighted by molar-refractivity contribution is 6.27. The van der Waals surface area contributed by atoms with Gasteiger partial charge in [0.2, 0.25) is 0 Å². The van der Waals surface area contributed by atoms with Crippen LogP contribution in [0.15, 0.2) is 0 Å². The molecule has 0 aromatic rings. The lowest BCUT2D eigenvalue weighted by molar-refractivity contribution is -0.157. The highest BCUT2D eigenvalue weighted by Gasteiger charge is 2.63. The van der Waals surface area contributed by atoms with Gasteiger partial charge in [-0.25, -0.2) is 0 Å². The summed E-state index contributed by atoms with van der Waals surface area (Å²) in [5.41, 5.74) is -2.14. The average molecular weight is 369 g/mol. The van der Waals surface area contributed by atoms with Crippen molar-refractivity contribution in [2.45, 2.75) is 85.4 Å². The standard InChI is InChI=1S/C21H36O5/c1-12(2)7-9-15-19(24)18(16(22)11-14(5)6)20(25)21(15,26)17(23)10-8-13(3)4/h12-15,17-18,23,26H,7-11H2,1-6H3/t15-,17?,18?,21?/m1/s1. The predicted molar refractivity (Wildman–Crippen MR) is 101 cm³/mol. The smallest absolute Gasteiger partial charge is 0.185 e. The summed E-state index contributed by atoms with van der Waals surface area (Å²) in [6, 6.07) is 0. The topological polar surface area (TPSA) is 91.7 Å². The molecule has 150 valence electrons. The maximum absolute atomic E-state index is 13.0. The lowest BCUT2D eigenvalue weighted by Gasteiger charge is -2.33. The Morgan fingerprint density at radius 3 is 1.96 bits per heavy atom. The van der Waals surface area contributed by atoms with E-state index in [4.69, 9.17) is 0 Å². The quantitative estimate of drug-likeness (QED) is 0.579. The molecule has 0 radical (unpaired) electrons. The highest BCUT2D eigenvalue weighted by atomic mass is 16.4. The van der Waals surface area contributed by atoms with Crippen molar-refractivity contribution in [1.82, 2.24) is 0 Å². The van der Waals surface area contributed by atoms with E-state index in [0.717, 1.165) is 0 Å². The van der Waals surface area contributed by atoms with Gasteiger partial charge in [-0.1, -0.05) is 48.0 Å². The fourth-order valence-corrected chi connectivity index (χ4v) is 3.75. The van der Waals surface area contributed by atoms with E-state index in [0.29, 0.717) is 31.1 Å². The second-order valence-electron chi connectivity index (χ2n) is 9.10. The van der Waals surface area contributed by atoms with E-state index in [1.54, 1.807) is 0 Å². The Labute approximate surface area is 157 Å². The van der Waals surface area contributed by atoms with Crippen molar-refractivity contribution in [3.8, 4) is 0 Å². The Morgan fingerprint density at radius 2 is 1.50 bits per heavy atom. The number of aliphatic hydroxyl groups is 2. The minimum absolute atomic E-state index is 0.0248. The van der Waals surface area contributed by atoms with Gasteiger partial charge in [0.15, 0.2) is 23.0 Å². The number of carbonyl (C=O) groups excluding carboxylic acids is 3. The van der Waals surface area contributed by atoms with Crippen molar-refractivity contribution in [2.75, 3.05) is 0 Å². The maximum atomic E-state index is 13.0. The molecule has 1 rings (SSSR count). The molecule has 1 fully saturated rings. The van der Waals surface area contributed by atoms with Crippen molar-refractivity contribution in [3.63, 3.8) is 0 Å². The van der Waals surface area contributed by atoms with Crippen LogP contribution in [0.2, 0.25) is 0 Å². The van der Waals surface area contributed by atoms with E-state index in [2.05, 4.69) is 0 Å². The van der Waals surface area contributed by atoms with E-state index in [9.17, 15) is 24.6 Å². The van der Waals surface area contributed by atoms with E-state index < -0.39 is 40.9 Å². The first-order chi connectivity index (χ1) is 11.9. The summed E-state index contributed by atoms with van der Waals surface area (Å²) < 4.78 is 0. The Hall–Kier alpha value is -1.07. The molecule has 2 N–H and O–H groups in total. The van der Waals surface area contributed by atoms with E-state index >= 15 is 0 Å². The number of carbonyl (C=O) groups is 3. The fraction of sp³-hybridized carbons (Fsp3) is 0.857. The summed E-state index contributed by atoms with van der Waals surface area (Å²) in [6.45, 7) is 11.7. The molecule has 5 nitrogen and oxygen atoms in total. The summed E-state index contributed by atoms with van der Waals surface area (Å²) in [5, 5.41) is 21.8. The molecule has 0 saturated heterocycles. The Morgan fingerprint density at radius 1 is 0.962 bits per heavy atom. The molecule has 26 heavy (non-hydrogen) atoms. The second kappa shape index (κ2) is 9.23. The third kappa shape index (κ3) is 5.01. The first-order valence-electron chi connectivity index (χ1n) is 9.94. The normalized spacial score (nSPS) is 27.8. The van der Waals surface area contributed by atoms with Crippen LogP contribution in [0.1, 0.15) is 73.6 Å². The monoisotopic (exact) mass is 368 g/mol. The van der Waals surface area contributed by atoms with Gasteiger partial charge in [0.1, 0.15) is 5.92 Å². The van der Waals surface area contributed by atoms with Crippen LogP contribution in [0.3, 0.4) is 0 Å². The van der Waals surface area contributed by atoms with Gasteiger partial charge in [-0.15, -0.1) is 0 Å². The van der Waals surface area contributed by atoms with Crippen molar-refractivity contribution < 1.29 is 24.6 Å². The fourth-order valence-electron chi connectivity index (χ4n) is 3.75. The van der Waals surface area contributed by atoms with Gasteiger partial charge in [-0.3, -0.25) is 14.4 Å². The number of hydrogen-bond donors (Lipinski definition) is 2. The summed E-state index contributed by atoms with van der Waals surface area (Å²) >= 11 is 0. The molecule has 0 bridgehead atoms. The Bertz CT molecular complexity index is 522. The number of hydrogen-bond acceptors (Lipinski definition) is 5. The van der Waals surface area contributed by atoms with Crippen molar-refractivity contribution in [2.24, 2.45) is 29.6 Å². The lowest BCUT2D eigenvalue weighted by atomic mass is 9.78. The van der Waals surface area contributed by atoms with Crippen LogP contribution >= 0.6 is 0 Å². The molecular weight excluding hydrogens is 332 g/mol. The first-order valence-corrected chi connectivity index (χ1v) is 9.94. The van der Waals surface area contributed by atoms with Crippen LogP contribution in [-0.4, -0.2) is 39.3 Å². The van der Waals surface area contributed by atoms with Gasteiger partial charge >= 0.3 is 0 Å². The third-order valence-electron chi connectivity index (χ3n) is 5.31. The van der Waals surface area contributed by atoms with Gasteiger partial charge in [0, 0.05) is 6.42 Å². The van der Waals surface area contributed by atoms with Gasteiger partial charge in [-0.05, 0) is 37.0 Å².